The van der Waals surface area contributed by atoms with Crippen LogP contribution in [0.15, 0.2) is 0 Å². The Balaban J connectivity index is 5.07. The Morgan fingerprint density at radius 2 is 1.67 bits per heavy atom. The number of hydrogen-bond donors (Lipinski definition) is 5. The van der Waals surface area contributed by atoms with Crippen LogP contribution in [0.2, 0.25) is 0 Å². The minimum atomic E-state index is -2.43. The maximum atomic E-state index is 12.3. The van der Waals surface area contributed by atoms with Crippen LogP contribution in [0.1, 0.15) is 20.8 Å². The van der Waals surface area contributed by atoms with E-state index in [2.05, 4.69) is 0 Å². The predicted molar refractivity (Wildman–Crippen MR) is 87.9 cm³/mol. The van der Waals surface area contributed by atoms with E-state index >= 15 is 0 Å². The molecular weight excluding hydrogens is 340 g/mol. The molecule has 1 amide bonds. The molecule has 11 heteroatoms. The number of primary amides is 1. The Morgan fingerprint density at radius 1 is 1.17 bits per heavy atom. The predicted octanol–water partition coefficient (Wildman–Crippen LogP) is -2.45. The molecule has 0 saturated carbocycles. The van der Waals surface area contributed by atoms with Gasteiger partial charge in [0.2, 0.25) is 5.91 Å². The third-order valence-corrected chi connectivity index (χ3v) is 4.01. The van der Waals surface area contributed by atoms with Crippen LogP contribution in [0, 0.1) is 0 Å². The second kappa shape index (κ2) is 8.42. The van der Waals surface area contributed by atoms with Gasteiger partial charge in [-0.15, -0.1) is 0 Å². The van der Waals surface area contributed by atoms with Crippen LogP contribution in [0.5, 0.6) is 0 Å². The van der Waals surface area contributed by atoms with E-state index in [1.807, 2.05) is 0 Å². The van der Waals surface area contributed by atoms with Crippen molar-refractivity contribution in [1.82, 2.24) is 0 Å². The fourth-order valence-corrected chi connectivity index (χ4v) is 2.54. The lowest BCUT2D eigenvalue weighted by molar-refractivity contribution is -0.159. The minimum absolute atomic E-state index is 0.0451. The Kier molecular flexibility index (Phi) is 7.83. The maximum Gasteiger partial charge on any atom is 0.332 e. The molecule has 0 aliphatic carbocycles. The largest absolute Gasteiger partial charge is 0.480 e. The van der Waals surface area contributed by atoms with Gasteiger partial charge < -0.3 is 32.8 Å². The molecule has 0 spiro atoms. The van der Waals surface area contributed by atoms with Gasteiger partial charge in [0.05, 0.1) is 6.04 Å². The van der Waals surface area contributed by atoms with Gasteiger partial charge in [0, 0.05) is 11.5 Å². The van der Waals surface area contributed by atoms with Crippen LogP contribution in [0.3, 0.4) is 0 Å². The van der Waals surface area contributed by atoms with E-state index in [1.54, 1.807) is 20.8 Å². The number of nitrogens with two attached hydrogens (primary N) is 4. The molecular formula is C13H24N4O6S. The van der Waals surface area contributed by atoms with Gasteiger partial charge in [-0.3, -0.25) is 9.59 Å². The molecule has 138 valence electrons. The van der Waals surface area contributed by atoms with Crippen molar-refractivity contribution in [3.05, 3.63) is 0 Å². The first-order valence-electron chi connectivity index (χ1n) is 6.90. The number of Topliss-reactive ketones (excluding diaryl/α,β-unsaturated/α-hetero) is 1. The summed E-state index contributed by atoms with van der Waals surface area (Å²) in [5.41, 5.74) is 18.2. The molecule has 0 radical (unpaired) electrons. The van der Waals surface area contributed by atoms with E-state index in [0.717, 1.165) is 11.8 Å². The average Bonchev–Trinajstić information content (AvgIpc) is 2.42. The molecule has 0 aliphatic heterocycles. The fourth-order valence-electron chi connectivity index (χ4n) is 1.42. The highest BCUT2D eigenvalue weighted by Crippen LogP contribution is 2.17. The normalized spacial score (nSPS) is 16.6. The SMILES string of the molecule is CC(C)(C)OC(=O)C(N)C(=O)C(N)(CSCC(N)C(N)=O)C(=O)O. The molecule has 0 saturated heterocycles. The summed E-state index contributed by atoms with van der Waals surface area (Å²) in [5.74, 6) is -5.22. The third kappa shape index (κ3) is 6.43. The van der Waals surface area contributed by atoms with Gasteiger partial charge in [-0.1, -0.05) is 0 Å². The highest BCUT2D eigenvalue weighted by molar-refractivity contribution is 7.99. The van der Waals surface area contributed by atoms with E-state index in [1.165, 1.54) is 0 Å². The maximum absolute atomic E-state index is 12.3. The number of hydrogen-bond acceptors (Lipinski definition) is 9. The van der Waals surface area contributed by atoms with E-state index in [-0.39, 0.29) is 5.75 Å². The Hall–Kier alpha value is -1.69. The molecule has 0 aromatic heterocycles. The number of ether oxygens (including phenoxy) is 1. The van der Waals surface area contributed by atoms with Gasteiger partial charge in [-0.25, -0.2) is 9.59 Å². The first kappa shape index (κ1) is 22.3. The topological polar surface area (TPSA) is 202 Å². The molecule has 0 fully saturated rings. The van der Waals surface area contributed by atoms with Crippen molar-refractivity contribution in [2.75, 3.05) is 11.5 Å². The van der Waals surface area contributed by atoms with Gasteiger partial charge in [-0.05, 0) is 20.8 Å². The fraction of sp³-hybridized carbons (Fsp3) is 0.692. The van der Waals surface area contributed by atoms with Crippen molar-refractivity contribution < 1.29 is 29.0 Å². The zero-order chi connectivity index (χ0) is 19.3. The molecule has 3 atom stereocenters. The summed E-state index contributed by atoms with van der Waals surface area (Å²) in [7, 11) is 0. The number of ketones is 1. The van der Waals surface area contributed by atoms with Gasteiger partial charge in [0.1, 0.15) is 5.60 Å². The molecule has 0 aromatic rings. The van der Waals surface area contributed by atoms with Crippen LogP contribution in [-0.2, 0) is 23.9 Å². The van der Waals surface area contributed by atoms with Crippen LogP contribution >= 0.6 is 11.8 Å². The summed E-state index contributed by atoms with van der Waals surface area (Å²) in [6.45, 7) is 4.70. The van der Waals surface area contributed by atoms with Gasteiger partial charge in [-0.2, -0.15) is 11.8 Å². The van der Waals surface area contributed by atoms with Crippen LogP contribution in [0.4, 0.5) is 0 Å². The average molecular weight is 364 g/mol. The first-order valence-corrected chi connectivity index (χ1v) is 8.05. The molecule has 9 N–H and O–H groups in total. The van der Waals surface area contributed by atoms with Crippen molar-refractivity contribution in [3.63, 3.8) is 0 Å². The van der Waals surface area contributed by atoms with Crippen molar-refractivity contribution in [1.29, 1.82) is 0 Å². The number of thioether (sulfide) groups is 1. The summed E-state index contributed by atoms with van der Waals surface area (Å²) >= 11 is 0.835. The lowest BCUT2D eigenvalue weighted by Crippen LogP contribution is -2.64. The molecule has 0 bridgehead atoms. The second-order valence-corrected chi connectivity index (χ2v) is 7.21. The van der Waals surface area contributed by atoms with Crippen LogP contribution in [-0.4, -0.2) is 63.5 Å². The lowest BCUT2D eigenvalue weighted by Gasteiger charge is -2.27. The number of aliphatic carboxylic acids is 1. The van der Waals surface area contributed by atoms with Crippen molar-refractivity contribution >= 4 is 35.4 Å². The van der Waals surface area contributed by atoms with Crippen molar-refractivity contribution in [3.8, 4) is 0 Å². The van der Waals surface area contributed by atoms with E-state index in [0.29, 0.717) is 0 Å². The van der Waals surface area contributed by atoms with Crippen molar-refractivity contribution in [2.45, 2.75) is 44.0 Å². The summed E-state index contributed by atoms with van der Waals surface area (Å²) < 4.78 is 4.95. The number of carboxylic acid groups (broad SMARTS) is 1. The van der Waals surface area contributed by atoms with Crippen LogP contribution < -0.4 is 22.9 Å². The molecule has 0 aliphatic rings. The summed E-state index contributed by atoms with van der Waals surface area (Å²) in [5, 5.41) is 9.25. The summed E-state index contributed by atoms with van der Waals surface area (Å²) in [4.78, 5) is 46.3. The highest BCUT2D eigenvalue weighted by Gasteiger charge is 2.47. The second-order valence-electron chi connectivity index (χ2n) is 6.18. The standard InChI is InChI=1S/C13H24N4O6S/c1-12(2,3)23-10(20)7(15)8(18)13(17,11(21)22)5-24-4-6(14)9(16)19/h6-7H,4-5,14-15,17H2,1-3H3,(H2,16,19)(H,21,22). The number of carbonyl (C=O) groups excluding carboxylic acids is 3. The smallest absolute Gasteiger partial charge is 0.332 e. The number of rotatable bonds is 9. The minimum Gasteiger partial charge on any atom is -0.480 e. The summed E-state index contributed by atoms with van der Waals surface area (Å²) in [6, 6.07) is -2.88. The lowest BCUT2D eigenvalue weighted by atomic mass is 9.92. The first-order chi connectivity index (χ1) is 10.7. The highest BCUT2D eigenvalue weighted by atomic mass is 32.2. The quantitative estimate of drug-likeness (QED) is 0.216. The van der Waals surface area contributed by atoms with Crippen LogP contribution in [0.25, 0.3) is 0 Å². The zero-order valence-electron chi connectivity index (χ0n) is 13.8. The Morgan fingerprint density at radius 3 is 2.04 bits per heavy atom. The number of amides is 1. The number of carbonyl (C=O) groups is 4. The Labute approximate surface area is 143 Å². The summed E-state index contributed by atoms with van der Waals surface area (Å²) in [6.07, 6.45) is 0. The molecule has 3 unspecified atom stereocenters. The molecule has 0 rings (SSSR count). The molecule has 0 aromatic carbocycles. The molecule has 24 heavy (non-hydrogen) atoms. The number of carboxylic acids is 1. The monoisotopic (exact) mass is 364 g/mol. The van der Waals surface area contributed by atoms with Gasteiger partial charge in [0.25, 0.3) is 0 Å². The zero-order valence-corrected chi connectivity index (χ0v) is 14.6. The third-order valence-electron chi connectivity index (χ3n) is 2.76. The van der Waals surface area contributed by atoms with Gasteiger partial charge >= 0.3 is 11.9 Å². The van der Waals surface area contributed by atoms with E-state index in [9.17, 15) is 24.3 Å². The van der Waals surface area contributed by atoms with Gasteiger partial charge in [0.15, 0.2) is 17.4 Å². The van der Waals surface area contributed by atoms with Crippen molar-refractivity contribution in [2.24, 2.45) is 22.9 Å². The van der Waals surface area contributed by atoms with E-state index in [4.69, 9.17) is 27.7 Å². The Bertz CT molecular complexity index is 521. The van der Waals surface area contributed by atoms with E-state index < -0.39 is 52.6 Å². The number of esters is 1. The molecule has 0 heterocycles. The molecule has 10 nitrogen and oxygen atoms in total.